The summed E-state index contributed by atoms with van der Waals surface area (Å²) in [5, 5.41) is 17.1. The first kappa shape index (κ1) is 16.8. The number of aromatic nitrogens is 2. The number of carbonyl (C=O) groups is 1. The molecule has 128 valence electrons. The van der Waals surface area contributed by atoms with Crippen molar-refractivity contribution in [3.8, 4) is 5.75 Å². The molecule has 6 nitrogen and oxygen atoms in total. The number of aliphatic hydroxyl groups is 1. The van der Waals surface area contributed by atoms with Crippen LogP contribution in [0.25, 0.3) is 0 Å². The Labute approximate surface area is 145 Å². The predicted octanol–water partition coefficient (Wildman–Crippen LogP) is 3.07. The number of aliphatic hydroxyl groups excluding tert-OH is 1. The zero-order valence-electron chi connectivity index (χ0n) is 13.4. The molecule has 24 heavy (non-hydrogen) atoms. The molecule has 0 aliphatic heterocycles. The van der Waals surface area contributed by atoms with Crippen LogP contribution >= 0.6 is 11.6 Å². The molecule has 0 spiro atoms. The fourth-order valence-electron chi connectivity index (χ4n) is 2.80. The predicted molar refractivity (Wildman–Crippen MR) is 91.1 cm³/mol. The van der Waals surface area contributed by atoms with Crippen LogP contribution in [0.1, 0.15) is 37.4 Å². The molecular weight excluding hydrogens is 330 g/mol. The number of halogens is 1. The second-order valence-electron chi connectivity index (χ2n) is 6.01. The molecule has 0 radical (unpaired) electrons. The first-order valence-electron chi connectivity index (χ1n) is 7.96. The van der Waals surface area contributed by atoms with Crippen LogP contribution in [0.4, 0.5) is 5.69 Å². The summed E-state index contributed by atoms with van der Waals surface area (Å²) in [6, 6.07) is 5.08. The average Bonchev–Trinajstić information content (AvgIpc) is 3.21. The van der Waals surface area contributed by atoms with Crippen molar-refractivity contribution < 1.29 is 14.6 Å². The van der Waals surface area contributed by atoms with Gasteiger partial charge in [0.2, 0.25) is 0 Å². The van der Waals surface area contributed by atoms with E-state index < -0.39 is 12.0 Å². The molecule has 7 heteroatoms. The zero-order chi connectivity index (χ0) is 17.1. The molecule has 1 aliphatic rings. The minimum absolute atomic E-state index is 0.218. The van der Waals surface area contributed by atoms with Crippen molar-refractivity contribution in [1.82, 2.24) is 9.78 Å². The molecule has 1 heterocycles. The maximum absolute atomic E-state index is 12.1. The van der Waals surface area contributed by atoms with E-state index in [1.807, 2.05) is 0 Å². The lowest BCUT2D eigenvalue weighted by Crippen LogP contribution is -2.20. The Kier molecular flexibility index (Phi) is 5.06. The average molecular weight is 350 g/mol. The summed E-state index contributed by atoms with van der Waals surface area (Å²) in [6.07, 6.45) is 6.44. The number of rotatable bonds is 5. The van der Waals surface area contributed by atoms with Gasteiger partial charge in [-0.1, -0.05) is 11.6 Å². The minimum Gasteiger partial charge on any atom is -0.489 e. The van der Waals surface area contributed by atoms with Gasteiger partial charge in [-0.15, -0.1) is 0 Å². The maximum atomic E-state index is 12.1. The van der Waals surface area contributed by atoms with Crippen molar-refractivity contribution in [2.45, 2.75) is 37.9 Å². The molecule has 2 aromatic rings. The molecule has 0 saturated heterocycles. The summed E-state index contributed by atoms with van der Waals surface area (Å²) in [5.74, 6) is 0.0814. The summed E-state index contributed by atoms with van der Waals surface area (Å²) in [5.41, 5.74) is 0.939. The summed E-state index contributed by atoms with van der Waals surface area (Å²) in [4.78, 5) is 12.1. The number of hydrogen-bond acceptors (Lipinski definition) is 4. The molecule has 0 unspecified atom stereocenters. The first-order chi connectivity index (χ1) is 11.5. The van der Waals surface area contributed by atoms with Gasteiger partial charge in [-0.25, -0.2) is 0 Å². The van der Waals surface area contributed by atoms with Gasteiger partial charge in [-0.2, -0.15) is 5.10 Å². The molecule has 2 N–H and O–H groups in total. The first-order valence-corrected chi connectivity index (χ1v) is 8.34. The van der Waals surface area contributed by atoms with Crippen LogP contribution in [0.5, 0.6) is 5.75 Å². The Morgan fingerprint density at radius 2 is 2.21 bits per heavy atom. The number of hydrogen-bond donors (Lipinski definition) is 2. The van der Waals surface area contributed by atoms with Crippen LogP contribution < -0.4 is 10.1 Å². The van der Waals surface area contributed by atoms with Gasteiger partial charge in [-0.3, -0.25) is 9.48 Å². The van der Waals surface area contributed by atoms with Gasteiger partial charge in [0.15, 0.2) is 6.10 Å². The van der Waals surface area contributed by atoms with E-state index in [1.54, 1.807) is 31.4 Å². The number of carbonyl (C=O) groups excluding carboxylic acids is 1. The van der Waals surface area contributed by atoms with E-state index >= 15 is 0 Å². The molecule has 1 aromatic heterocycles. The highest BCUT2D eigenvalue weighted by atomic mass is 35.5. The highest BCUT2D eigenvalue weighted by molar-refractivity contribution is 6.32. The highest BCUT2D eigenvalue weighted by Gasteiger charge is 2.20. The number of nitrogens with one attached hydrogen (secondary N) is 1. The molecule has 1 aromatic carbocycles. The van der Waals surface area contributed by atoms with Crippen LogP contribution in [0.2, 0.25) is 5.02 Å². The van der Waals surface area contributed by atoms with E-state index in [4.69, 9.17) is 16.3 Å². The second kappa shape index (κ2) is 7.23. The maximum Gasteiger partial charge on any atom is 0.257 e. The van der Waals surface area contributed by atoms with Crippen molar-refractivity contribution in [3.05, 3.63) is 41.2 Å². The van der Waals surface area contributed by atoms with Crippen LogP contribution in [0, 0.1) is 0 Å². The quantitative estimate of drug-likeness (QED) is 0.869. The van der Waals surface area contributed by atoms with Gasteiger partial charge >= 0.3 is 0 Å². The standard InChI is InChI=1S/C17H20ClN3O3/c1-21-10-11(9-19-21)16(22)17(23)20-12-6-7-15(14(18)8-12)24-13-4-2-3-5-13/h6-10,13,16,22H,2-5H2,1H3,(H,20,23)/t16-/m0/s1. The fourth-order valence-corrected chi connectivity index (χ4v) is 3.03. The molecular formula is C17H20ClN3O3. The molecule has 1 fully saturated rings. The van der Waals surface area contributed by atoms with E-state index in [1.165, 1.54) is 23.7 Å². The molecule has 1 atom stereocenters. The smallest absolute Gasteiger partial charge is 0.257 e. The third-order valence-corrected chi connectivity index (χ3v) is 4.38. The normalized spacial score (nSPS) is 16.1. The SMILES string of the molecule is Cn1cc([C@H](O)C(=O)Nc2ccc(OC3CCCC3)c(Cl)c2)cn1. The number of anilines is 1. The summed E-state index contributed by atoms with van der Waals surface area (Å²) in [6.45, 7) is 0. The summed E-state index contributed by atoms with van der Waals surface area (Å²) < 4.78 is 7.41. The number of benzene rings is 1. The fraction of sp³-hybridized carbons (Fsp3) is 0.412. The van der Waals surface area contributed by atoms with Crippen LogP contribution in [-0.2, 0) is 11.8 Å². The molecule has 0 bridgehead atoms. The van der Waals surface area contributed by atoms with Gasteiger partial charge in [0.25, 0.3) is 5.91 Å². The van der Waals surface area contributed by atoms with Crippen LogP contribution in [0.3, 0.4) is 0 Å². The van der Waals surface area contributed by atoms with E-state index in [0.717, 1.165) is 12.8 Å². The number of amides is 1. The van der Waals surface area contributed by atoms with Crippen molar-refractivity contribution in [2.75, 3.05) is 5.32 Å². The Morgan fingerprint density at radius 3 is 2.83 bits per heavy atom. The van der Waals surface area contributed by atoms with Gasteiger partial charge in [0.05, 0.1) is 17.3 Å². The molecule has 1 aliphatic carbocycles. The number of aryl methyl sites for hydroxylation is 1. The monoisotopic (exact) mass is 349 g/mol. The van der Waals surface area contributed by atoms with Crippen molar-refractivity contribution in [1.29, 1.82) is 0 Å². The van der Waals surface area contributed by atoms with Gasteiger partial charge in [-0.05, 0) is 43.9 Å². The third kappa shape index (κ3) is 3.88. The molecule has 1 amide bonds. The van der Waals surface area contributed by atoms with Crippen LogP contribution in [-0.4, -0.2) is 26.9 Å². The van der Waals surface area contributed by atoms with Gasteiger partial charge in [0.1, 0.15) is 5.75 Å². The summed E-state index contributed by atoms with van der Waals surface area (Å²) >= 11 is 6.24. The van der Waals surface area contributed by atoms with Crippen LogP contribution in [0.15, 0.2) is 30.6 Å². The lowest BCUT2D eigenvalue weighted by atomic mass is 10.2. The second-order valence-corrected chi connectivity index (χ2v) is 6.42. The minimum atomic E-state index is -1.29. The van der Waals surface area contributed by atoms with Crippen molar-refractivity contribution in [2.24, 2.45) is 7.05 Å². The number of nitrogens with zero attached hydrogens (tertiary/aromatic N) is 2. The van der Waals surface area contributed by atoms with Crippen molar-refractivity contribution in [3.63, 3.8) is 0 Å². The van der Waals surface area contributed by atoms with Gasteiger partial charge in [0, 0.05) is 24.5 Å². The Bertz CT molecular complexity index is 726. The van der Waals surface area contributed by atoms with E-state index in [-0.39, 0.29) is 6.10 Å². The van der Waals surface area contributed by atoms with Gasteiger partial charge < -0.3 is 15.2 Å². The summed E-state index contributed by atoms with van der Waals surface area (Å²) in [7, 11) is 1.72. The topological polar surface area (TPSA) is 76.4 Å². The van der Waals surface area contributed by atoms with Crippen molar-refractivity contribution >= 4 is 23.2 Å². The lowest BCUT2D eigenvalue weighted by molar-refractivity contribution is -0.124. The van der Waals surface area contributed by atoms with E-state index in [2.05, 4.69) is 10.4 Å². The molecule has 1 saturated carbocycles. The Morgan fingerprint density at radius 1 is 1.46 bits per heavy atom. The Hall–Kier alpha value is -2.05. The lowest BCUT2D eigenvalue weighted by Gasteiger charge is -2.15. The zero-order valence-corrected chi connectivity index (χ0v) is 14.2. The highest BCUT2D eigenvalue weighted by Crippen LogP contribution is 2.32. The Balaban J connectivity index is 1.64. The van der Waals surface area contributed by atoms with E-state index in [0.29, 0.717) is 22.0 Å². The molecule has 3 rings (SSSR count). The number of ether oxygens (including phenoxy) is 1. The van der Waals surface area contributed by atoms with E-state index in [9.17, 15) is 9.90 Å². The largest absolute Gasteiger partial charge is 0.489 e. The third-order valence-electron chi connectivity index (χ3n) is 4.08.